The molecule has 0 aliphatic heterocycles. The number of nitrogens with zero attached hydrogens (tertiary/aromatic N) is 3. The van der Waals surface area contributed by atoms with Gasteiger partial charge in [-0.1, -0.05) is 0 Å². The van der Waals surface area contributed by atoms with Crippen molar-refractivity contribution in [3.05, 3.63) is 33.0 Å². The smallest absolute Gasteiger partial charge is 0.358 e. The largest absolute Gasteiger partial charge is 0.420 e. The Morgan fingerprint density at radius 1 is 1.44 bits per heavy atom. The summed E-state index contributed by atoms with van der Waals surface area (Å²) in [6.45, 7) is 0. The minimum Gasteiger partial charge on any atom is -0.358 e. The number of nitriles is 1. The van der Waals surface area contributed by atoms with Gasteiger partial charge in [-0.15, -0.1) is 0 Å². The molecule has 0 fully saturated rings. The van der Waals surface area contributed by atoms with Gasteiger partial charge in [0, 0.05) is 0 Å². The first-order chi connectivity index (χ1) is 8.18. The fourth-order valence-electron chi connectivity index (χ4n) is 1.13. The second-order valence-electron chi connectivity index (χ2n) is 2.96. The Hall–Kier alpha value is -2.31. The van der Waals surface area contributed by atoms with E-state index in [0.717, 1.165) is 6.07 Å². The number of alkyl halides is 5. The normalized spacial score (nSPS) is 11.4. The number of nitro groups is 1. The molecular weight excluding hydrogens is 265 g/mol. The third kappa shape index (κ3) is 2.50. The van der Waals surface area contributed by atoms with Crippen LogP contribution in [-0.2, 0) is 6.18 Å². The molecule has 0 aliphatic rings. The Bertz CT molecular complexity index is 535. The Kier molecular flexibility index (Phi) is 3.45. The zero-order valence-corrected chi connectivity index (χ0v) is 8.20. The van der Waals surface area contributed by atoms with E-state index in [-0.39, 0.29) is 6.07 Å². The lowest BCUT2D eigenvalue weighted by atomic mass is 10.1. The van der Waals surface area contributed by atoms with Crippen LogP contribution in [0.4, 0.5) is 27.8 Å². The van der Waals surface area contributed by atoms with Gasteiger partial charge in [0.25, 0.3) is 0 Å². The average Bonchev–Trinajstić information content (AvgIpc) is 2.25. The van der Waals surface area contributed by atoms with E-state index in [1.54, 1.807) is 0 Å². The number of aromatic nitrogens is 1. The van der Waals surface area contributed by atoms with Crippen molar-refractivity contribution in [1.29, 1.82) is 5.26 Å². The molecule has 0 amide bonds. The Morgan fingerprint density at radius 2 is 2.00 bits per heavy atom. The average molecular weight is 267 g/mol. The zero-order chi connectivity index (χ0) is 14.1. The van der Waals surface area contributed by atoms with Crippen LogP contribution in [0.1, 0.15) is 23.2 Å². The highest BCUT2D eigenvalue weighted by atomic mass is 19.4. The van der Waals surface area contributed by atoms with Crippen molar-refractivity contribution in [3.8, 4) is 6.07 Å². The van der Waals surface area contributed by atoms with Gasteiger partial charge in [-0.05, 0) is 16.0 Å². The standard InChI is InChI=1S/C8H2F5N3O2/c9-6(10)5-4(8(11,12)13)1-3(2-14)7(15-5)16(17)18/h1,6H. The molecule has 0 N–H and O–H groups in total. The molecule has 1 aromatic heterocycles. The van der Waals surface area contributed by atoms with Gasteiger partial charge in [-0.2, -0.15) is 18.4 Å². The van der Waals surface area contributed by atoms with E-state index in [1.165, 1.54) is 0 Å². The van der Waals surface area contributed by atoms with Gasteiger partial charge in [0.15, 0.2) is 5.56 Å². The van der Waals surface area contributed by atoms with Crippen LogP contribution < -0.4 is 0 Å². The molecule has 1 heterocycles. The van der Waals surface area contributed by atoms with Crippen LogP contribution in [0.5, 0.6) is 0 Å². The maximum atomic E-state index is 12.4. The molecular formula is C8H2F5N3O2. The molecule has 0 aliphatic carbocycles. The summed E-state index contributed by atoms with van der Waals surface area (Å²) in [5.74, 6) is -1.33. The van der Waals surface area contributed by atoms with Crippen LogP contribution in [0.2, 0.25) is 0 Å². The summed E-state index contributed by atoms with van der Waals surface area (Å²) in [6, 6.07) is 1.10. The van der Waals surface area contributed by atoms with Gasteiger partial charge in [-0.25, -0.2) is 8.78 Å². The Morgan fingerprint density at radius 3 is 2.33 bits per heavy atom. The van der Waals surface area contributed by atoms with E-state index in [2.05, 4.69) is 4.98 Å². The summed E-state index contributed by atoms with van der Waals surface area (Å²) in [4.78, 5) is 11.7. The maximum absolute atomic E-state index is 12.4. The molecule has 10 heteroatoms. The topological polar surface area (TPSA) is 79.8 Å². The molecule has 5 nitrogen and oxygen atoms in total. The van der Waals surface area contributed by atoms with Crippen molar-refractivity contribution in [1.82, 2.24) is 4.98 Å². The molecule has 0 aromatic carbocycles. The highest BCUT2D eigenvalue weighted by Crippen LogP contribution is 2.37. The van der Waals surface area contributed by atoms with Crippen LogP contribution in [0.15, 0.2) is 6.07 Å². The maximum Gasteiger partial charge on any atom is 0.420 e. The van der Waals surface area contributed by atoms with E-state index in [0.29, 0.717) is 0 Å². The summed E-state index contributed by atoms with van der Waals surface area (Å²) in [6.07, 6.45) is -8.83. The first-order valence-corrected chi connectivity index (χ1v) is 4.13. The molecule has 96 valence electrons. The molecule has 18 heavy (non-hydrogen) atoms. The van der Waals surface area contributed by atoms with Crippen molar-refractivity contribution in [2.45, 2.75) is 12.6 Å². The van der Waals surface area contributed by atoms with Gasteiger partial charge in [0.1, 0.15) is 11.6 Å². The quantitative estimate of drug-likeness (QED) is 0.468. The molecule has 0 unspecified atom stereocenters. The van der Waals surface area contributed by atoms with E-state index >= 15 is 0 Å². The molecule has 1 aromatic rings. The monoisotopic (exact) mass is 267 g/mol. The third-order valence-corrected chi connectivity index (χ3v) is 1.84. The lowest BCUT2D eigenvalue weighted by molar-refractivity contribution is -0.390. The van der Waals surface area contributed by atoms with Crippen molar-refractivity contribution in [3.63, 3.8) is 0 Å². The van der Waals surface area contributed by atoms with Crippen molar-refractivity contribution >= 4 is 5.82 Å². The fourth-order valence-corrected chi connectivity index (χ4v) is 1.13. The van der Waals surface area contributed by atoms with Gasteiger partial charge < -0.3 is 10.1 Å². The minimum absolute atomic E-state index is 0.00731. The van der Waals surface area contributed by atoms with Crippen LogP contribution >= 0.6 is 0 Å². The SMILES string of the molecule is N#Cc1cc(C(F)(F)F)c(C(F)F)nc1[N+](=O)[O-]. The molecule has 1 rings (SSSR count). The second kappa shape index (κ2) is 4.52. The van der Waals surface area contributed by atoms with E-state index in [1.807, 2.05) is 0 Å². The summed E-state index contributed by atoms with van der Waals surface area (Å²) in [5, 5.41) is 18.8. The number of hydrogen-bond donors (Lipinski definition) is 0. The lowest BCUT2D eigenvalue weighted by Crippen LogP contribution is -2.13. The third-order valence-electron chi connectivity index (χ3n) is 1.84. The van der Waals surface area contributed by atoms with Crippen LogP contribution in [0.25, 0.3) is 0 Å². The molecule has 0 spiro atoms. The highest BCUT2D eigenvalue weighted by Gasteiger charge is 2.41. The van der Waals surface area contributed by atoms with E-state index < -0.39 is 40.2 Å². The van der Waals surface area contributed by atoms with Crippen molar-refractivity contribution in [2.75, 3.05) is 0 Å². The first kappa shape index (κ1) is 13.8. The van der Waals surface area contributed by atoms with Crippen molar-refractivity contribution < 1.29 is 26.9 Å². The summed E-state index contributed by atoms with van der Waals surface area (Å²) < 4.78 is 62.0. The first-order valence-electron chi connectivity index (χ1n) is 4.13. The molecule has 0 saturated heterocycles. The van der Waals surface area contributed by atoms with E-state index in [4.69, 9.17) is 5.26 Å². The fraction of sp³-hybridized carbons (Fsp3) is 0.250. The van der Waals surface area contributed by atoms with E-state index in [9.17, 15) is 32.1 Å². The molecule has 0 saturated carbocycles. The van der Waals surface area contributed by atoms with Gasteiger partial charge in [0.2, 0.25) is 5.69 Å². The molecule has 0 radical (unpaired) electrons. The lowest BCUT2D eigenvalue weighted by Gasteiger charge is -2.09. The predicted octanol–water partition coefficient (Wildman–Crippen LogP) is 2.82. The second-order valence-corrected chi connectivity index (χ2v) is 2.96. The highest BCUT2D eigenvalue weighted by molar-refractivity contribution is 5.47. The number of halogens is 5. The summed E-state index contributed by atoms with van der Waals surface area (Å²) in [5.41, 5.74) is -4.66. The molecule has 0 atom stereocenters. The van der Waals surface area contributed by atoms with Gasteiger partial charge in [-0.3, -0.25) is 0 Å². The number of pyridine rings is 1. The molecule has 0 bridgehead atoms. The summed E-state index contributed by atoms with van der Waals surface area (Å²) >= 11 is 0. The Balaban J connectivity index is 3.64. The van der Waals surface area contributed by atoms with Crippen LogP contribution in [0, 0.1) is 21.4 Å². The minimum atomic E-state index is -5.18. The van der Waals surface area contributed by atoms with Crippen LogP contribution in [-0.4, -0.2) is 9.91 Å². The van der Waals surface area contributed by atoms with Gasteiger partial charge in [0.05, 0.1) is 0 Å². The number of rotatable bonds is 2. The summed E-state index contributed by atoms with van der Waals surface area (Å²) in [7, 11) is 0. The predicted molar refractivity (Wildman–Crippen MR) is 45.6 cm³/mol. The van der Waals surface area contributed by atoms with Crippen molar-refractivity contribution in [2.24, 2.45) is 0 Å². The zero-order valence-electron chi connectivity index (χ0n) is 8.20. The van der Waals surface area contributed by atoms with Gasteiger partial charge >= 0.3 is 18.4 Å². The van der Waals surface area contributed by atoms with Crippen LogP contribution in [0.3, 0.4) is 0 Å². The number of hydrogen-bond acceptors (Lipinski definition) is 4. The Labute approximate surface area is 95.6 Å².